The highest BCUT2D eigenvalue weighted by molar-refractivity contribution is 5.80. The van der Waals surface area contributed by atoms with Gasteiger partial charge in [0.15, 0.2) is 11.2 Å². The number of nitrogens with one attached hydrogen (secondary N) is 1. The van der Waals surface area contributed by atoms with E-state index < -0.39 is 5.69 Å². The van der Waals surface area contributed by atoms with Gasteiger partial charge in [0.25, 0.3) is 5.56 Å². The molecule has 0 fully saturated rings. The fourth-order valence-electron chi connectivity index (χ4n) is 2.78. The molecular weight excluding hydrogens is 332 g/mol. The van der Waals surface area contributed by atoms with Crippen LogP contribution in [0.25, 0.3) is 11.2 Å². The molecule has 0 aliphatic heterocycles. The average Bonchev–Trinajstić information content (AvgIpc) is 2.97. The van der Waals surface area contributed by atoms with Crippen LogP contribution in [-0.2, 0) is 20.6 Å². The predicted molar refractivity (Wildman–Crippen MR) is 103 cm³/mol. The average molecular weight is 354 g/mol. The number of benzene rings is 1. The Morgan fingerprint density at radius 3 is 2.50 bits per heavy atom. The summed E-state index contributed by atoms with van der Waals surface area (Å²) in [5, 5.41) is 4.22. The van der Waals surface area contributed by atoms with E-state index in [-0.39, 0.29) is 11.5 Å². The maximum absolute atomic E-state index is 12.6. The quantitative estimate of drug-likeness (QED) is 0.556. The highest BCUT2D eigenvalue weighted by atomic mass is 16.2. The smallest absolute Gasteiger partial charge is 0.303 e. The number of imidazole rings is 1. The van der Waals surface area contributed by atoms with Crippen molar-refractivity contribution in [3.05, 3.63) is 56.7 Å². The van der Waals surface area contributed by atoms with E-state index >= 15 is 0 Å². The molecule has 3 rings (SSSR count). The summed E-state index contributed by atoms with van der Waals surface area (Å²) in [6, 6.07) is 9.65. The third-order valence-corrected chi connectivity index (χ3v) is 4.07. The summed E-state index contributed by atoms with van der Waals surface area (Å²) in [5.41, 5.74) is 3.81. The van der Waals surface area contributed by atoms with E-state index in [1.807, 2.05) is 30.3 Å². The van der Waals surface area contributed by atoms with E-state index in [0.29, 0.717) is 23.7 Å². The van der Waals surface area contributed by atoms with E-state index in [0.717, 1.165) is 10.1 Å². The molecule has 0 saturated carbocycles. The second kappa shape index (κ2) is 6.99. The Balaban J connectivity index is 2.11. The van der Waals surface area contributed by atoms with E-state index in [1.165, 1.54) is 11.6 Å². The maximum Gasteiger partial charge on any atom is 0.332 e. The van der Waals surface area contributed by atoms with Gasteiger partial charge in [0.1, 0.15) is 0 Å². The monoisotopic (exact) mass is 354 g/mol. The molecule has 0 unspecified atom stereocenters. The molecule has 1 N–H and O–H groups in total. The van der Waals surface area contributed by atoms with Crippen LogP contribution in [0.1, 0.15) is 19.4 Å². The largest absolute Gasteiger partial charge is 0.332 e. The molecule has 0 atom stereocenters. The summed E-state index contributed by atoms with van der Waals surface area (Å²) < 4.78 is 4.25. The number of rotatable bonds is 5. The van der Waals surface area contributed by atoms with Crippen LogP contribution in [-0.4, -0.2) is 24.9 Å². The molecule has 0 radical (unpaired) electrons. The summed E-state index contributed by atoms with van der Waals surface area (Å²) in [5.74, 6) is 0.715. The number of aromatic nitrogens is 4. The highest BCUT2D eigenvalue weighted by Crippen LogP contribution is 2.17. The zero-order valence-electron chi connectivity index (χ0n) is 15.3. The first-order chi connectivity index (χ1) is 12.4. The third-order valence-electron chi connectivity index (χ3n) is 4.07. The van der Waals surface area contributed by atoms with Crippen molar-refractivity contribution in [1.29, 1.82) is 0 Å². The Labute approximate surface area is 150 Å². The first-order valence-electron chi connectivity index (χ1n) is 8.40. The predicted octanol–water partition coefficient (Wildman–Crippen LogP) is 1.54. The lowest BCUT2D eigenvalue weighted by atomic mass is 10.2. The van der Waals surface area contributed by atoms with E-state index in [2.05, 4.69) is 29.4 Å². The van der Waals surface area contributed by atoms with Crippen LogP contribution in [0.5, 0.6) is 0 Å². The molecule has 0 aliphatic rings. The minimum atomic E-state index is -0.406. The molecule has 2 heterocycles. The Hall–Kier alpha value is -3.16. The second-order valence-electron chi connectivity index (χ2n) is 6.60. The van der Waals surface area contributed by atoms with Gasteiger partial charge >= 0.3 is 5.69 Å². The van der Waals surface area contributed by atoms with Gasteiger partial charge < -0.3 is 4.57 Å². The number of nitrogens with zero attached hydrogens (tertiary/aromatic N) is 5. The molecule has 2 aromatic heterocycles. The maximum atomic E-state index is 12.6. The molecule has 1 aromatic carbocycles. The van der Waals surface area contributed by atoms with Crippen molar-refractivity contribution in [2.75, 3.05) is 5.43 Å². The van der Waals surface area contributed by atoms with Gasteiger partial charge in [-0.15, -0.1) is 0 Å². The number of hydrazone groups is 1. The molecule has 26 heavy (non-hydrogen) atoms. The van der Waals surface area contributed by atoms with Gasteiger partial charge in [-0.2, -0.15) is 10.1 Å². The lowest BCUT2D eigenvalue weighted by molar-refractivity contribution is 0.534. The van der Waals surface area contributed by atoms with Gasteiger partial charge in [-0.3, -0.25) is 13.9 Å². The Morgan fingerprint density at radius 2 is 1.85 bits per heavy atom. The van der Waals surface area contributed by atoms with E-state index in [9.17, 15) is 9.59 Å². The van der Waals surface area contributed by atoms with Crippen LogP contribution in [0.2, 0.25) is 0 Å². The van der Waals surface area contributed by atoms with Crippen LogP contribution in [0.4, 0.5) is 5.95 Å². The van der Waals surface area contributed by atoms with Gasteiger partial charge in [-0.25, -0.2) is 10.2 Å². The topological polar surface area (TPSA) is 86.2 Å². The van der Waals surface area contributed by atoms with Gasteiger partial charge in [0.05, 0.1) is 6.21 Å². The van der Waals surface area contributed by atoms with Crippen LogP contribution in [0, 0.1) is 5.92 Å². The number of anilines is 1. The van der Waals surface area contributed by atoms with Gasteiger partial charge in [0, 0.05) is 20.6 Å². The molecule has 0 saturated heterocycles. The van der Waals surface area contributed by atoms with E-state index in [1.54, 1.807) is 17.8 Å². The Kier molecular flexibility index (Phi) is 4.75. The van der Waals surface area contributed by atoms with Crippen LogP contribution < -0.4 is 16.7 Å². The first kappa shape index (κ1) is 17.7. The fraction of sp³-hybridized carbons (Fsp3) is 0.333. The molecule has 0 bridgehead atoms. The zero-order valence-corrected chi connectivity index (χ0v) is 15.3. The SMILES string of the molecule is CC(C)Cn1c(NN=Cc2ccccc2)nc2c1c(=O)n(C)c(=O)n2C. The molecule has 8 nitrogen and oxygen atoms in total. The summed E-state index contributed by atoms with van der Waals surface area (Å²) in [4.78, 5) is 29.3. The fourth-order valence-corrected chi connectivity index (χ4v) is 2.78. The van der Waals surface area contributed by atoms with Crippen molar-refractivity contribution in [2.45, 2.75) is 20.4 Å². The molecule has 3 aromatic rings. The standard InChI is InChI=1S/C18H22N6O2/c1-12(2)11-24-14-15(22(3)18(26)23(4)16(14)25)20-17(24)21-19-10-13-8-6-5-7-9-13/h5-10,12H,11H2,1-4H3,(H,20,21). The third kappa shape index (κ3) is 3.17. The van der Waals surface area contributed by atoms with Gasteiger partial charge in [0.2, 0.25) is 5.95 Å². The highest BCUT2D eigenvalue weighted by Gasteiger charge is 2.19. The number of aryl methyl sites for hydroxylation is 1. The summed E-state index contributed by atoms with van der Waals surface area (Å²) in [6.45, 7) is 4.68. The normalized spacial score (nSPS) is 11.7. The molecule has 136 valence electrons. The Bertz CT molecular complexity index is 1070. The molecule has 0 aliphatic carbocycles. The minimum Gasteiger partial charge on any atom is -0.303 e. The van der Waals surface area contributed by atoms with Crippen molar-refractivity contribution in [3.8, 4) is 0 Å². The number of fused-ring (bicyclic) bond motifs is 1. The lowest BCUT2D eigenvalue weighted by Crippen LogP contribution is -2.37. The van der Waals surface area contributed by atoms with Crippen LogP contribution in [0.15, 0.2) is 45.0 Å². The van der Waals surface area contributed by atoms with Crippen molar-refractivity contribution in [3.63, 3.8) is 0 Å². The molecular formula is C18H22N6O2. The first-order valence-corrected chi connectivity index (χ1v) is 8.40. The second-order valence-corrected chi connectivity index (χ2v) is 6.60. The van der Waals surface area contributed by atoms with Crippen molar-refractivity contribution in [1.82, 2.24) is 18.7 Å². The zero-order chi connectivity index (χ0) is 18.8. The minimum absolute atomic E-state index is 0.285. The van der Waals surface area contributed by atoms with Crippen LogP contribution >= 0.6 is 0 Å². The number of hydrogen-bond donors (Lipinski definition) is 1. The van der Waals surface area contributed by atoms with Gasteiger partial charge in [-0.05, 0) is 11.5 Å². The van der Waals surface area contributed by atoms with Crippen molar-refractivity contribution >= 4 is 23.3 Å². The molecule has 0 amide bonds. The van der Waals surface area contributed by atoms with E-state index in [4.69, 9.17) is 0 Å². The van der Waals surface area contributed by atoms with Crippen molar-refractivity contribution in [2.24, 2.45) is 25.1 Å². The molecule has 8 heteroatoms. The van der Waals surface area contributed by atoms with Crippen LogP contribution in [0.3, 0.4) is 0 Å². The number of hydrogen-bond acceptors (Lipinski definition) is 5. The summed E-state index contributed by atoms with van der Waals surface area (Å²) in [6.07, 6.45) is 1.68. The summed E-state index contributed by atoms with van der Waals surface area (Å²) in [7, 11) is 3.07. The van der Waals surface area contributed by atoms with Crippen molar-refractivity contribution < 1.29 is 0 Å². The Morgan fingerprint density at radius 1 is 1.15 bits per heavy atom. The summed E-state index contributed by atoms with van der Waals surface area (Å²) >= 11 is 0. The lowest BCUT2D eigenvalue weighted by Gasteiger charge is -2.11. The molecule has 0 spiro atoms. The van der Waals surface area contributed by atoms with Gasteiger partial charge in [-0.1, -0.05) is 44.2 Å².